The topological polar surface area (TPSA) is 427 Å². The van der Waals surface area contributed by atoms with E-state index in [0.717, 1.165) is 12.8 Å². The number of amides is 2. The van der Waals surface area contributed by atoms with Crippen molar-refractivity contribution in [2.24, 2.45) is 14.1 Å². The van der Waals surface area contributed by atoms with Crippen LogP contribution in [0, 0.1) is 20.2 Å². The fraction of sp³-hybridized carbons (Fsp3) is 0.564. The van der Waals surface area contributed by atoms with Gasteiger partial charge in [-0.05, 0) is 48.5 Å². The predicted molar refractivity (Wildman–Crippen MR) is 295 cm³/mol. The van der Waals surface area contributed by atoms with Crippen molar-refractivity contribution >= 4 is 47.7 Å². The molecule has 33 nitrogen and oxygen atoms in total. The summed E-state index contributed by atoms with van der Waals surface area (Å²) in [7, 11) is 4.22. The molecule has 88 heavy (non-hydrogen) atoms. The van der Waals surface area contributed by atoms with Crippen LogP contribution >= 0.6 is 0 Å². The van der Waals surface area contributed by atoms with Gasteiger partial charge in [0.25, 0.3) is 0 Å². The van der Waals surface area contributed by atoms with E-state index in [1.165, 1.54) is 70.7 Å². The van der Waals surface area contributed by atoms with Crippen LogP contribution in [-0.4, -0.2) is 216 Å². The van der Waals surface area contributed by atoms with Crippen molar-refractivity contribution in [1.29, 1.82) is 0 Å². The van der Waals surface area contributed by atoms with Crippen molar-refractivity contribution in [3.63, 3.8) is 0 Å². The molecule has 0 radical (unpaired) electrons. The van der Waals surface area contributed by atoms with Gasteiger partial charge >= 0.3 is 24.1 Å². The lowest BCUT2D eigenvalue weighted by Crippen LogP contribution is -2.55. The van der Waals surface area contributed by atoms with Gasteiger partial charge in [-0.25, -0.2) is 18.7 Å². The Bertz CT molecular complexity index is 3240. The molecule has 2 aliphatic carbocycles. The number of aldehydes is 1. The van der Waals surface area contributed by atoms with E-state index in [-0.39, 0.29) is 86.6 Å². The zero-order chi connectivity index (χ0) is 63.6. The molecule has 3 saturated heterocycles. The van der Waals surface area contributed by atoms with E-state index >= 15 is 0 Å². The number of benzene rings is 2. The molecule has 5 heterocycles. The summed E-state index contributed by atoms with van der Waals surface area (Å²) >= 11 is 0. The summed E-state index contributed by atoms with van der Waals surface area (Å²) in [4.78, 5) is 107. The standard InChI is InChI=1S/C41H49N5O17.C14H20N4O7/c1-20-34(49)24(42-9-12-59-19-28-45(10-4-5-11-60-28)40(54)61-18-21-16-43-39(44(21)2)46(56)57)13-29(62-20)63-26-15-41(55,27(48)17-47)14-23-31(26)38(53)33-32(36(23)51)35(50)22-7-6-8-25(58-3)30(22)37(33)52;1-16-11(8-15-13(16)18(21)22)9-25-14(20)17-4-2-3-6-24-12(17)10-23-7-5-19/h6-8,16,20,24,26,28-29,34,42,47,49,51,53,55H,4-5,9-15,17-19H2,1-3H3;5,8,12H,2-4,6-7,9-10H2,1H3/t20-,24?,26-,28?,29-,34?,41-;/m0./s1. The first-order valence-corrected chi connectivity index (χ1v) is 28.1. The SMILES string of the molecule is COc1cccc2c1C(=O)c1c(O)c3c(c(O)c1C2=O)C[C@@](O)(C(=O)CO)C[C@@H]3O[C@H]1CC(NCCOCC2OCCCCN2C(=O)OCc2cnc([N+](=O)[O-])n2C)C(O)[C@H](C)O1.Cn1c(COC(=O)N2CCCCOC2COCC=O)cnc1[N+](=O)[O-]. The van der Waals surface area contributed by atoms with Crippen LogP contribution in [0.25, 0.3) is 0 Å². The van der Waals surface area contributed by atoms with Crippen LogP contribution in [0.1, 0.15) is 106 Å². The van der Waals surface area contributed by atoms with Gasteiger partial charge in [-0.1, -0.05) is 22.1 Å². The van der Waals surface area contributed by atoms with E-state index in [1.54, 1.807) is 6.92 Å². The molecule has 2 aromatic carbocycles. The normalized spacial score (nSPS) is 23.5. The average molecular weight is 1240 g/mol. The number of carbonyl (C=O) groups excluding carboxylic acids is 6. The molecule has 3 fully saturated rings. The molecule has 4 unspecified atom stereocenters. The number of hydrogen-bond donors (Lipinski definition) is 6. The lowest BCUT2D eigenvalue weighted by molar-refractivity contribution is -0.396. The van der Waals surface area contributed by atoms with Gasteiger partial charge in [0.1, 0.15) is 54.7 Å². The van der Waals surface area contributed by atoms with Crippen molar-refractivity contribution in [2.75, 3.05) is 73.0 Å². The number of phenolic OH excluding ortho intramolecular Hbond substituents is 2. The Morgan fingerprint density at radius 2 is 1.43 bits per heavy atom. The van der Waals surface area contributed by atoms with Gasteiger partial charge in [-0.3, -0.25) is 24.2 Å². The minimum absolute atomic E-state index is 0.0193. The number of aliphatic hydroxyl groups excluding tert-OH is 2. The molecule has 6 N–H and O–H groups in total. The molecule has 8 atom stereocenters. The van der Waals surface area contributed by atoms with Gasteiger partial charge in [0, 0.05) is 74.8 Å². The third-order valence-corrected chi connectivity index (χ3v) is 15.6. The first-order chi connectivity index (χ1) is 42.1. The summed E-state index contributed by atoms with van der Waals surface area (Å²) in [6.07, 6.45) is -2.44. The van der Waals surface area contributed by atoms with E-state index in [0.29, 0.717) is 56.8 Å². The second-order valence-electron chi connectivity index (χ2n) is 21.1. The first kappa shape index (κ1) is 65.8. The van der Waals surface area contributed by atoms with Crippen molar-refractivity contribution in [3.8, 4) is 17.2 Å². The molecule has 33 heteroatoms. The molecule has 4 aromatic rings. The number of aromatic hydroxyl groups is 2. The molecule has 478 valence electrons. The molecule has 5 aliphatic rings. The highest BCUT2D eigenvalue weighted by Crippen LogP contribution is 2.52. The molecule has 2 amide bonds. The van der Waals surface area contributed by atoms with Crippen molar-refractivity contribution in [2.45, 2.75) is 114 Å². The Balaban J connectivity index is 0.000000335. The quantitative estimate of drug-likeness (QED) is 0.0200. The minimum Gasteiger partial charge on any atom is -0.507 e. The number of imidazole rings is 2. The zero-order valence-electron chi connectivity index (χ0n) is 48.5. The van der Waals surface area contributed by atoms with Crippen molar-refractivity contribution in [3.05, 3.63) is 95.6 Å². The first-order valence-electron chi connectivity index (χ1n) is 28.1. The lowest BCUT2D eigenvalue weighted by Gasteiger charge is -2.43. The summed E-state index contributed by atoms with van der Waals surface area (Å²) < 4.78 is 53.2. The highest BCUT2D eigenvalue weighted by atomic mass is 16.7. The fourth-order valence-electron chi connectivity index (χ4n) is 10.9. The van der Waals surface area contributed by atoms with Crippen LogP contribution in [0.3, 0.4) is 0 Å². The predicted octanol–water partition coefficient (Wildman–Crippen LogP) is 1.68. The Morgan fingerprint density at radius 1 is 0.852 bits per heavy atom. The summed E-state index contributed by atoms with van der Waals surface area (Å²) in [5, 5.41) is 81.1. The van der Waals surface area contributed by atoms with Crippen LogP contribution in [0.5, 0.6) is 17.2 Å². The van der Waals surface area contributed by atoms with Crippen LogP contribution in [-0.2, 0) is 81.2 Å². The Labute approximate surface area is 501 Å². The number of hydrogen-bond acceptors (Lipinski definition) is 27. The number of ketones is 3. The van der Waals surface area contributed by atoms with Gasteiger partial charge in [-0.15, -0.1) is 0 Å². The second-order valence-corrected chi connectivity index (χ2v) is 21.1. The van der Waals surface area contributed by atoms with Crippen LogP contribution in [0.2, 0.25) is 0 Å². The third kappa shape index (κ3) is 14.4. The maximum absolute atomic E-state index is 14.0. The summed E-state index contributed by atoms with van der Waals surface area (Å²) in [5.41, 5.74) is -3.28. The van der Waals surface area contributed by atoms with Crippen LogP contribution in [0.15, 0.2) is 30.6 Å². The van der Waals surface area contributed by atoms with Gasteiger partial charge < -0.3 is 98.5 Å². The fourth-order valence-corrected chi connectivity index (χ4v) is 10.9. The number of fused-ring (bicyclic) bond motifs is 3. The number of nitrogens with zero attached hydrogens (tertiary/aromatic N) is 8. The average Bonchev–Trinajstić information content (AvgIpc) is 0.887. The molecule has 2 aromatic heterocycles. The third-order valence-electron chi connectivity index (χ3n) is 15.6. The Hall–Kier alpha value is -8.12. The Kier molecular flexibility index (Phi) is 21.9. The molecule has 9 rings (SSSR count). The number of carbonyl (C=O) groups is 6. The maximum atomic E-state index is 14.0. The molecule has 0 bridgehead atoms. The molecule has 0 spiro atoms. The van der Waals surface area contributed by atoms with Crippen molar-refractivity contribution < 1.29 is 107 Å². The molecule has 3 aliphatic heterocycles. The second kappa shape index (κ2) is 29.3. The van der Waals surface area contributed by atoms with E-state index in [9.17, 15) is 74.5 Å². The van der Waals surface area contributed by atoms with Crippen LogP contribution in [0.4, 0.5) is 21.5 Å². The van der Waals surface area contributed by atoms with Gasteiger partial charge in [0.05, 0.1) is 76.0 Å². The van der Waals surface area contributed by atoms with E-state index < -0.39 is 136 Å². The number of Topliss-reactive ketones (excluding diaryl/α,β-unsaturated/α-hetero) is 1. The smallest absolute Gasteiger partial charge is 0.434 e. The van der Waals surface area contributed by atoms with Crippen LogP contribution < -0.4 is 10.1 Å². The number of aliphatic hydroxyl groups is 3. The van der Waals surface area contributed by atoms with Gasteiger partial charge in [-0.2, -0.15) is 0 Å². The van der Waals surface area contributed by atoms with E-state index in [2.05, 4.69) is 15.3 Å². The monoisotopic (exact) mass is 1240 g/mol. The molecular formula is C55H69N9O24. The lowest BCUT2D eigenvalue weighted by atomic mass is 9.72. The summed E-state index contributed by atoms with van der Waals surface area (Å²) in [6.45, 7) is 1.92. The van der Waals surface area contributed by atoms with Gasteiger partial charge in [0.15, 0.2) is 54.9 Å². The number of aromatic nitrogens is 4. The Morgan fingerprint density at radius 3 is 1.98 bits per heavy atom. The highest BCUT2D eigenvalue weighted by Gasteiger charge is 2.50. The molecular weight excluding hydrogens is 1170 g/mol. The highest BCUT2D eigenvalue weighted by molar-refractivity contribution is 6.31. The largest absolute Gasteiger partial charge is 0.507 e. The number of nitrogens with one attached hydrogen (secondary N) is 1. The van der Waals surface area contributed by atoms with E-state index in [1.807, 2.05) is 0 Å². The number of methoxy groups -OCH3 is 1. The number of phenols is 2. The van der Waals surface area contributed by atoms with Gasteiger partial charge in [0.2, 0.25) is 5.78 Å². The zero-order valence-corrected chi connectivity index (χ0v) is 48.5. The maximum Gasteiger partial charge on any atom is 0.434 e. The summed E-state index contributed by atoms with van der Waals surface area (Å²) in [5.74, 6) is -4.76. The summed E-state index contributed by atoms with van der Waals surface area (Å²) in [6, 6.07) is 3.64. The molecule has 0 saturated carbocycles. The van der Waals surface area contributed by atoms with Crippen molar-refractivity contribution in [1.82, 2.24) is 34.2 Å². The van der Waals surface area contributed by atoms with E-state index in [4.69, 9.17) is 42.6 Å². The minimum atomic E-state index is -2.34. The number of nitro groups is 2. The number of ether oxygens (including phenoxy) is 9. The number of rotatable bonds is 21.